The van der Waals surface area contributed by atoms with Gasteiger partial charge in [0.1, 0.15) is 0 Å². The van der Waals surface area contributed by atoms with Crippen LogP contribution >= 0.6 is 11.6 Å². The molecule has 25 heavy (non-hydrogen) atoms. The number of anilines is 2. The molecule has 0 spiro atoms. The summed E-state index contributed by atoms with van der Waals surface area (Å²) in [7, 11) is -3.64. The number of para-hydroxylation sites is 2. The summed E-state index contributed by atoms with van der Waals surface area (Å²) >= 11 is 6.13. The van der Waals surface area contributed by atoms with Crippen molar-refractivity contribution in [2.45, 2.75) is 25.6 Å². The fraction of sp³-hybridized carbons (Fsp3) is 0.278. The van der Waals surface area contributed by atoms with Crippen LogP contribution in [0.5, 0.6) is 0 Å². The standard InChI is InChI=1S/C18H19ClN2O3S/c1-13-11-20(17-9-5-6-10-18(17)21(13)14(2)22)25(23,24)12-15-7-3-4-8-16(15)19/h3-10,13H,11-12H2,1-2H3. The quantitative estimate of drug-likeness (QED) is 0.822. The van der Waals surface area contributed by atoms with Crippen LogP contribution in [0.3, 0.4) is 0 Å². The maximum absolute atomic E-state index is 13.1. The highest BCUT2D eigenvalue weighted by atomic mass is 35.5. The first-order valence-electron chi connectivity index (χ1n) is 7.94. The van der Waals surface area contributed by atoms with Crippen LogP contribution < -0.4 is 9.21 Å². The van der Waals surface area contributed by atoms with E-state index in [-0.39, 0.29) is 24.2 Å². The van der Waals surface area contributed by atoms with Crippen molar-refractivity contribution in [3.05, 3.63) is 59.1 Å². The van der Waals surface area contributed by atoms with E-state index in [0.29, 0.717) is 22.0 Å². The van der Waals surface area contributed by atoms with Crippen molar-refractivity contribution in [2.24, 2.45) is 0 Å². The molecular formula is C18H19ClN2O3S. The van der Waals surface area contributed by atoms with Gasteiger partial charge in [0.05, 0.1) is 29.7 Å². The number of carbonyl (C=O) groups is 1. The van der Waals surface area contributed by atoms with Crippen LogP contribution in [0, 0.1) is 0 Å². The zero-order chi connectivity index (χ0) is 18.2. The van der Waals surface area contributed by atoms with Gasteiger partial charge in [0.25, 0.3) is 0 Å². The Morgan fingerprint density at radius 3 is 2.36 bits per heavy atom. The number of halogens is 1. The lowest BCUT2D eigenvalue weighted by Gasteiger charge is -2.41. The molecule has 2 aromatic rings. The monoisotopic (exact) mass is 378 g/mol. The second-order valence-corrected chi connectivity index (χ2v) is 8.41. The normalized spacial score (nSPS) is 17.3. The Morgan fingerprint density at radius 1 is 1.12 bits per heavy atom. The van der Waals surface area contributed by atoms with Crippen LogP contribution in [0.15, 0.2) is 48.5 Å². The molecule has 0 fully saturated rings. The van der Waals surface area contributed by atoms with E-state index >= 15 is 0 Å². The van der Waals surface area contributed by atoms with Crippen LogP contribution in [0.1, 0.15) is 19.4 Å². The van der Waals surface area contributed by atoms with Gasteiger partial charge in [0.15, 0.2) is 0 Å². The molecule has 7 heteroatoms. The molecule has 1 atom stereocenters. The topological polar surface area (TPSA) is 57.7 Å². The lowest BCUT2D eigenvalue weighted by molar-refractivity contribution is -0.117. The molecule has 1 heterocycles. The summed E-state index contributed by atoms with van der Waals surface area (Å²) < 4.78 is 27.5. The highest BCUT2D eigenvalue weighted by Gasteiger charge is 2.36. The number of carbonyl (C=O) groups excluding carboxylic acids is 1. The summed E-state index contributed by atoms with van der Waals surface area (Å²) in [4.78, 5) is 13.6. The molecule has 0 aromatic heterocycles. The van der Waals surface area contributed by atoms with E-state index in [1.54, 1.807) is 53.4 Å². The lowest BCUT2D eigenvalue weighted by Crippen LogP contribution is -2.51. The summed E-state index contributed by atoms with van der Waals surface area (Å²) in [6.07, 6.45) is 0. The lowest BCUT2D eigenvalue weighted by atomic mass is 10.1. The second-order valence-electron chi connectivity index (χ2n) is 6.11. The van der Waals surface area contributed by atoms with Crippen molar-refractivity contribution >= 4 is 38.9 Å². The average molecular weight is 379 g/mol. The van der Waals surface area contributed by atoms with Crippen molar-refractivity contribution in [1.29, 1.82) is 0 Å². The molecule has 0 saturated heterocycles. The maximum atomic E-state index is 13.1. The third-order valence-electron chi connectivity index (χ3n) is 4.25. The van der Waals surface area contributed by atoms with Crippen molar-refractivity contribution < 1.29 is 13.2 Å². The molecule has 5 nitrogen and oxygen atoms in total. The summed E-state index contributed by atoms with van der Waals surface area (Å²) in [6, 6.07) is 13.7. The van der Waals surface area contributed by atoms with Gasteiger partial charge in [-0.3, -0.25) is 9.10 Å². The first-order valence-corrected chi connectivity index (χ1v) is 9.92. The third-order valence-corrected chi connectivity index (χ3v) is 6.31. The van der Waals surface area contributed by atoms with Crippen molar-refractivity contribution in [3.63, 3.8) is 0 Å². The largest absolute Gasteiger partial charge is 0.306 e. The van der Waals surface area contributed by atoms with Crippen LogP contribution in [-0.2, 0) is 20.6 Å². The predicted octanol–water partition coefficient (Wildman–Crippen LogP) is 3.43. The molecule has 2 aromatic carbocycles. The van der Waals surface area contributed by atoms with E-state index in [9.17, 15) is 13.2 Å². The molecule has 1 aliphatic heterocycles. The van der Waals surface area contributed by atoms with E-state index in [4.69, 9.17) is 11.6 Å². The molecule has 1 amide bonds. The molecule has 0 aliphatic carbocycles. The minimum atomic E-state index is -3.64. The molecule has 0 radical (unpaired) electrons. The highest BCUT2D eigenvalue weighted by molar-refractivity contribution is 7.92. The van der Waals surface area contributed by atoms with Gasteiger partial charge in [0.2, 0.25) is 15.9 Å². The van der Waals surface area contributed by atoms with E-state index in [1.807, 2.05) is 6.92 Å². The molecule has 1 aliphatic rings. The van der Waals surface area contributed by atoms with Gasteiger partial charge in [0, 0.05) is 11.9 Å². The summed E-state index contributed by atoms with van der Waals surface area (Å²) in [5.74, 6) is -0.295. The Labute approximate surface area is 152 Å². The zero-order valence-corrected chi connectivity index (χ0v) is 15.6. The van der Waals surface area contributed by atoms with Crippen LogP contribution in [0.4, 0.5) is 11.4 Å². The molecule has 0 N–H and O–H groups in total. The number of fused-ring (bicyclic) bond motifs is 1. The van der Waals surface area contributed by atoms with Gasteiger partial charge >= 0.3 is 0 Å². The maximum Gasteiger partial charge on any atom is 0.239 e. The Morgan fingerprint density at radius 2 is 1.72 bits per heavy atom. The number of nitrogens with zero attached hydrogens (tertiary/aromatic N) is 2. The molecule has 3 rings (SSSR count). The fourth-order valence-corrected chi connectivity index (χ4v) is 5.15. The van der Waals surface area contributed by atoms with Crippen molar-refractivity contribution in [2.75, 3.05) is 15.7 Å². The number of benzene rings is 2. The smallest absolute Gasteiger partial charge is 0.239 e. The number of sulfonamides is 1. The van der Waals surface area contributed by atoms with Crippen molar-refractivity contribution in [3.8, 4) is 0 Å². The Bertz CT molecular complexity index is 914. The summed E-state index contributed by atoms with van der Waals surface area (Å²) in [6.45, 7) is 3.54. The van der Waals surface area contributed by atoms with Gasteiger partial charge in [-0.05, 0) is 30.7 Å². The number of hydrogen-bond donors (Lipinski definition) is 0. The summed E-state index contributed by atoms with van der Waals surface area (Å²) in [5.41, 5.74) is 1.68. The average Bonchev–Trinajstić information content (AvgIpc) is 2.55. The van der Waals surface area contributed by atoms with Crippen LogP contribution in [-0.4, -0.2) is 26.9 Å². The molecular weight excluding hydrogens is 360 g/mol. The zero-order valence-electron chi connectivity index (χ0n) is 14.0. The first-order chi connectivity index (χ1) is 11.8. The van der Waals surface area contributed by atoms with E-state index in [2.05, 4.69) is 0 Å². The van der Waals surface area contributed by atoms with Gasteiger partial charge in [-0.25, -0.2) is 8.42 Å². The molecule has 132 valence electrons. The molecule has 1 unspecified atom stereocenters. The van der Waals surface area contributed by atoms with Gasteiger partial charge in [-0.2, -0.15) is 0 Å². The van der Waals surface area contributed by atoms with Crippen molar-refractivity contribution in [1.82, 2.24) is 0 Å². The van der Waals surface area contributed by atoms with E-state index in [0.717, 1.165) is 0 Å². The number of amides is 1. The molecule has 0 bridgehead atoms. The Kier molecular flexibility index (Phi) is 4.75. The Balaban J connectivity index is 2.03. The third kappa shape index (κ3) is 3.37. The SMILES string of the molecule is CC(=O)N1c2ccccc2N(S(=O)(=O)Cc2ccccc2Cl)CC1C. The minimum Gasteiger partial charge on any atom is -0.306 e. The number of rotatable bonds is 3. The summed E-state index contributed by atoms with van der Waals surface area (Å²) in [5, 5.41) is 0.426. The van der Waals surface area contributed by atoms with Gasteiger partial charge in [-0.15, -0.1) is 0 Å². The predicted molar refractivity (Wildman–Crippen MR) is 100 cm³/mol. The Hall–Kier alpha value is -2.05. The van der Waals surface area contributed by atoms with Crippen LogP contribution in [0.2, 0.25) is 5.02 Å². The van der Waals surface area contributed by atoms with Gasteiger partial charge < -0.3 is 4.90 Å². The fourth-order valence-electron chi connectivity index (χ4n) is 3.17. The van der Waals surface area contributed by atoms with E-state index < -0.39 is 10.0 Å². The second kappa shape index (κ2) is 6.69. The minimum absolute atomic E-state index is 0.108. The first kappa shape index (κ1) is 17.8. The van der Waals surface area contributed by atoms with E-state index in [1.165, 1.54) is 11.2 Å². The van der Waals surface area contributed by atoms with Crippen LogP contribution in [0.25, 0.3) is 0 Å². The number of hydrogen-bond acceptors (Lipinski definition) is 3. The van der Waals surface area contributed by atoms with Gasteiger partial charge in [-0.1, -0.05) is 41.9 Å². The highest BCUT2D eigenvalue weighted by Crippen LogP contribution is 2.37. The molecule has 0 saturated carbocycles.